The second kappa shape index (κ2) is 9.12. The first kappa shape index (κ1) is 22.1. The summed E-state index contributed by atoms with van der Waals surface area (Å²) >= 11 is 0. The van der Waals surface area contributed by atoms with E-state index in [1.54, 1.807) is 0 Å². The largest absolute Gasteiger partial charge is 1.00 e. The first-order chi connectivity index (χ1) is 11.2. The summed E-state index contributed by atoms with van der Waals surface area (Å²) < 4.78 is 0.847. The molecule has 1 heterocycles. The summed E-state index contributed by atoms with van der Waals surface area (Å²) in [5.74, 6) is -0.0745. The Labute approximate surface area is 169 Å². The van der Waals surface area contributed by atoms with E-state index in [4.69, 9.17) is 0 Å². The molecule has 0 spiro atoms. The van der Waals surface area contributed by atoms with E-state index in [1.165, 1.54) is 10.5 Å². The third-order valence-electron chi connectivity index (χ3n) is 5.03. The highest BCUT2D eigenvalue weighted by molar-refractivity contribution is 6.04. The number of carbonyl (C=O) groups is 2. The van der Waals surface area contributed by atoms with Crippen LogP contribution in [0.4, 0.5) is 0 Å². The van der Waals surface area contributed by atoms with Crippen LogP contribution in [0.3, 0.4) is 0 Å². The molecule has 1 aliphatic heterocycles. The summed E-state index contributed by atoms with van der Waals surface area (Å²) in [6.07, 6.45) is 1.59. The summed E-state index contributed by atoms with van der Waals surface area (Å²) in [5.41, 5.74) is 1.23. The first-order valence-corrected chi connectivity index (χ1v) is 8.91. The van der Waals surface area contributed by atoms with Crippen molar-refractivity contribution in [1.82, 2.24) is 4.90 Å². The molecule has 25 heavy (non-hydrogen) atoms. The fraction of sp³-hybridized carbons (Fsp3) is 0.600. The third-order valence-corrected chi connectivity index (χ3v) is 5.03. The quantitative estimate of drug-likeness (QED) is 0.325. The van der Waals surface area contributed by atoms with Crippen LogP contribution in [0.2, 0.25) is 0 Å². The fourth-order valence-corrected chi connectivity index (χ4v) is 3.47. The van der Waals surface area contributed by atoms with Crippen molar-refractivity contribution in [2.75, 3.05) is 34.2 Å². The van der Waals surface area contributed by atoms with Gasteiger partial charge in [-0.05, 0) is 17.9 Å². The maximum Gasteiger partial charge on any atom is 0.233 e. The minimum atomic E-state index is -0.201. The number of benzene rings is 1. The van der Waals surface area contributed by atoms with Crippen LogP contribution in [0.1, 0.15) is 38.2 Å². The Hall–Kier alpha value is -0.950. The van der Waals surface area contributed by atoms with Crippen molar-refractivity contribution in [3.63, 3.8) is 0 Å². The predicted octanol–water partition coefficient (Wildman–Crippen LogP) is -0.0984. The number of quaternary nitrogens is 1. The van der Waals surface area contributed by atoms with Gasteiger partial charge in [0.15, 0.2) is 0 Å². The predicted molar refractivity (Wildman–Crippen MR) is 96.4 cm³/mol. The van der Waals surface area contributed by atoms with E-state index in [0.717, 1.165) is 23.9 Å². The number of hydrogen-bond acceptors (Lipinski definition) is 2. The average Bonchev–Trinajstić information content (AvgIpc) is 2.72. The number of rotatable bonds is 7. The van der Waals surface area contributed by atoms with Crippen LogP contribution in [0, 0.1) is 11.8 Å². The minimum absolute atomic E-state index is 0. The lowest BCUT2D eigenvalue weighted by molar-refractivity contribution is -0.870. The van der Waals surface area contributed by atoms with Crippen LogP contribution in [0.5, 0.6) is 0 Å². The molecule has 0 saturated carbocycles. The first-order valence-electron chi connectivity index (χ1n) is 8.91. The van der Waals surface area contributed by atoms with Crippen LogP contribution in [0.25, 0.3) is 0 Å². The molecule has 0 bridgehead atoms. The highest BCUT2D eigenvalue weighted by Crippen LogP contribution is 2.34. The Morgan fingerprint density at radius 3 is 2.24 bits per heavy atom. The zero-order chi connectivity index (χ0) is 17.9. The molecule has 1 saturated heterocycles. The van der Waals surface area contributed by atoms with Crippen molar-refractivity contribution >= 4 is 11.8 Å². The summed E-state index contributed by atoms with van der Waals surface area (Å²) in [6, 6.07) is 10.2. The lowest BCUT2D eigenvalue weighted by Gasteiger charge is -2.25. The van der Waals surface area contributed by atoms with Gasteiger partial charge in [-0.2, -0.15) is 0 Å². The molecule has 1 aliphatic rings. The summed E-state index contributed by atoms with van der Waals surface area (Å²) in [6.45, 7) is 5.55. The van der Waals surface area contributed by atoms with E-state index >= 15 is 0 Å². The standard InChI is InChI=1S/C20H31N2O2.HI/c1-15(17-10-7-6-8-11-17)14-18-16(2)19(23)21(20(18)24)12-9-13-22(3,4)5;/h6-8,10-11,15-16,18H,9,12-14H2,1-5H3;1H/q+1;/p-1. The Bertz CT molecular complexity index is 583. The Morgan fingerprint density at radius 1 is 1.08 bits per heavy atom. The molecular formula is C20H31IN2O2. The molecule has 3 atom stereocenters. The van der Waals surface area contributed by atoms with Gasteiger partial charge in [0.05, 0.1) is 33.6 Å². The topological polar surface area (TPSA) is 37.4 Å². The molecule has 1 fully saturated rings. The van der Waals surface area contributed by atoms with Gasteiger partial charge in [0.2, 0.25) is 11.8 Å². The lowest BCUT2D eigenvalue weighted by atomic mass is 9.85. The number of imide groups is 1. The third kappa shape index (κ3) is 5.78. The van der Waals surface area contributed by atoms with Crippen LogP contribution < -0.4 is 24.0 Å². The second-order valence-corrected chi connectivity index (χ2v) is 8.14. The SMILES string of the molecule is CC(CC1C(=O)N(CCC[N+](C)(C)C)C(=O)C1C)c1ccccc1.[I-]. The zero-order valence-electron chi connectivity index (χ0n) is 16.0. The second-order valence-electron chi connectivity index (χ2n) is 8.14. The highest BCUT2D eigenvalue weighted by atomic mass is 127. The number of hydrogen-bond donors (Lipinski definition) is 0. The highest BCUT2D eigenvalue weighted by Gasteiger charge is 2.45. The monoisotopic (exact) mass is 458 g/mol. The summed E-state index contributed by atoms with van der Waals surface area (Å²) in [5, 5.41) is 0. The van der Waals surface area contributed by atoms with Gasteiger partial charge < -0.3 is 28.5 Å². The Kier molecular flexibility index (Phi) is 8.06. The number of amides is 2. The van der Waals surface area contributed by atoms with E-state index in [2.05, 4.69) is 40.2 Å². The van der Waals surface area contributed by atoms with E-state index in [9.17, 15) is 9.59 Å². The van der Waals surface area contributed by atoms with Gasteiger partial charge >= 0.3 is 0 Å². The lowest BCUT2D eigenvalue weighted by Crippen LogP contribution is -3.00. The van der Waals surface area contributed by atoms with Crippen LogP contribution >= 0.6 is 0 Å². The van der Waals surface area contributed by atoms with E-state index < -0.39 is 0 Å². The fourth-order valence-electron chi connectivity index (χ4n) is 3.47. The molecule has 4 nitrogen and oxygen atoms in total. The van der Waals surface area contributed by atoms with E-state index in [1.807, 2.05) is 25.1 Å². The Balaban J connectivity index is 0.00000312. The average molecular weight is 458 g/mol. The number of halogens is 1. The van der Waals surface area contributed by atoms with Crippen molar-refractivity contribution in [3.05, 3.63) is 35.9 Å². The van der Waals surface area contributed by atoms with E-state index in [0.29, 0.717) is 6.54 Å². The van der Waals surface area contributed by atoms with Gasteiger partial charge in [0, 0.05) is 18.9 Å². The van der Waals surface area contributed by atoms with Gasteiger partial charge in [-0.3, -0.25) is 14.5 Å². The van der Waals surface area contributed by atoms with Gasteiger partial charge in [0.1, 0.15) is 0 Å². The summed E-state index contributed by atoms with van der Waals surface area (Å²) in [4.78, 5) is 26.8. The molecule has 5 heteroatoms. The molecule has 2 rings (SSSR count). The van der Waals surface area contributed by atoms with Gasteiger partial charge in [-0.25, -0.2) is 0 Å². The van der Waals surface area contributed by atoms with E-state index in [-0.39, 0.29) is 53.5 Å². The van der Waals surface area contributed by atoms with Crippen molar-refractivity contribution in [2.24, 2.45) is 11.8 Å². The van der Waals surface area contributed by atoms with Crippen LogP contribution in [0.15, 0.2) is 30.3 Å². The van der Waals surface area contributed by atoms with Gasteiger partial charge in [-0.15, -0.1) is 0 Å². The van der Waals surface area contributed by atoms with Crippen molar-refractivity contribution in [3.8, 4) is 0 Å². The molecule has 140 valence electrons. The molecule has 0 aliphatic carbocycles. The van der Waals surface area contributed by atoms with Crippen molar-refractivity contribution < 1.29 is 38.0 Å². The smallest absolute Gasteiger partial charge is 0.233 e. The molecular weight excluding hydrogens is 427 g/mol. The van der Waals surface area contributed by atoms with Gasteiger partial charge in [-0.1, -0.05) is 44.2 Å². The molecule has 1 aromatic rings. The molecule has 0 aromatic heterocycles. The van der Waals surface area contributed by atoms with Crippen LogP contribution in [-0.2, 0) is 9.59 Å². The number of nitrogens with zero attached hydrogens (tertiary/aromatic N) is 2. The Morgan fingerprint density at radius 2 is 1.68 bits per heavy atom. The van der Waals surface area contributed by atoms with Crippen molar-refractivity contribution in [2.45, 2.75) is 32.6 Å². The van der Waals surface area contributed by atoms with Gasteiger partial charge in [0.25, 0.3) is 0 Å². The molecule has 0 radical (unpaired) electrons. The number of likely N-dealkylation sites (tertiary alicyclic amines) is 1. The maximum absolute atomic E-state index is 12.7. The molecule has 3 unspecified atom stereocenters. The molecule has 1 aromatic carbocycles. The van der Waals surface area contributed by atoms with Crippen molar-refractivity contribution in [1.29, 1.82) is 0 Å². The maximum atomic E-state index is 12.7. The summed E-state index contributed by atoms with van der Waals surface area (Å²) in [7, 11) is 6.38. The molecule has 0 N–H and O–H groups in total. The molecule has 2 amide bonds. The normalized spacial score (nSPS) is 22.0. The number of carbonyl (C=O) groups excluding carboxylic acids is 2. The minimum Gasteiger partial charge on any atom is -1.00 e. The zero-order valence-corrected chi connectivity index (χ0v) is 18.2. The van der Waals surface area contributed by atoms with Crippen LogP contribution in [-0.4, -0.2) is 55.4 Å².